The maximum atomic E-state index is 5.51. The first-order valence-corrected chi connectivity index (χ1v) is 10.7. The molecule has 2 aromatic rings. The molecule has 0 radical (unpaired) electrons. The molecule has 1 N–H and O–H groups in total. The summed E-state index contributed by atoms with van der Waals surface area (Å²) in [7, 11) is 1.89. The summed E-state index contributed by atoms with van der Waals surface area (Å²) in [5.41, 5.74) is 2.66. The van der Waals surface area contributed by atoms with Gasteiger partial charge in [-0.1, -0.05) is 60.7 Å². The van der Waals surface area contributed by atoms with Crippen LogP contribution in [-0.2, 0) is 4.74 Å². The Bertz CT molecular complexity index is 734. The normalized spacial score (nSPS) is 21.0. The molecule has 0 aliphatic carbocycles. The van der Waals surface area contributed by atoms with Gasteiger partial charge in [0, 0.05) is 51.7 Å². The highest BCUT2D eigenvalue weighted by Crippen LogP contribution is 2.24. The van der Waals surface area contributed by atoms with Crippen LogP contribution in [0.3, 0.4) is 0 Å². The number of hydrogen-bond donors (Lipinski definition) is 1. The second-order valence-electron chi connectivity index (χ2n) is 7.84. The second kappa shape index (κ2) is 9.90. The molecule has 29 heavy (non-hydrogen) atoms. The fraction of sp³-hybridized carbons (Fsp3) is 0.458. The predicted molar refractivity (Wildman–Crippen MR) is 118 cm³/mol. The van der Waals surface area contributed by atoms with Gasteiger partial charge in [0.2, 0.25) is 0 Å². The maximum Gasteiger partial charge on any atom is 0.193 e. The standard InChI is InChI=1S/C24H32N4O/c1-25-24(28-13-12-22(19-28)27-14-16-29-17-15-27)26-18-23(20-8-4-2-5-9-20)21-10-6-3-7-11-21/h2-11,22-23H,12-19H2,1H3,(H,25,26). The maximum absolute atomic E-state index is 5.51. The van der Waals surface area contributed by atoms with Crippen LogP contribution in [0.4, 0.5) is 0 Å². The number of aliphatic imine (C=N–C) groups is 1. The van der Waals surface area contributed by atoms with Crippen molar-refractivity contribution in [2.45, 2.75) is 18.4 Å². The van der Waals surface area contributed by atoms with Gasteiger partial charge in [0.1, 0.15) is 0 Å². The first kappa shape index (κ1) is 19.9. The van der Waals surface area contributed by atoms with Crippen molar-refractivity contribution < 1.29 is 4.74 Å². The van der Waals surface area contributed by atoms with Crippen molar-refractivity contribution in [2.75, 3.05) is 53.0 Å². The lowest BCUT2D eigenvalue weighted by Gasteiger charge is -2.32. The minimum absolute atomic E-state index is 0.298. The van der Waals surface area contributed by atoms with Crippen LogP contribution in [-0.4, -0.2) is 74.8 Å². The zero-order valence-corrected chi connectivity index (χ0v) is 17.3. The fourth-order valence-corrected chi connectivity index (χ4v) is 4.50. The Balaban J connectivity index is 1.41. The van der Waals surface area contributed by atoms with Gasteiger partial charge in [-0.15, -0.1) is 0 Å². The molecule has 2 fully saturated rings. The number of nitrogens with zero attached hydrogens (tertiary/aromatic N) is 3. The second-order valence-corrected chi connectivity index (χ2v) is 7.84. The largest absolute Gasteiger partial charge is 0.379 e. The minimum atomic E-state index is 0.298. The smallest absolute Gasteiger partial charge is 0.193 e. The summed E-state index contributed by atoms with van der Waals surface area (Å²) in [6, 6.07) is 22.1. The monoisotopic (exact) mass is 392 g/mol. The van der Waals surface area contributed by atoms with E-state index in [1.807, 2.05) is 7.05 Å². The zero-order valence-electron chi connectivity index (χ0n) is 17.3. The third kappa shape index (κ3) is 4.98. The van der Waals surface area contributed by atoms with Crippen molar-refractivity contribution in [2.24, 2.45) is 4.99 Å². The average Bonchev–Trinajstić information content (AvgIpc) is 3.29. The number of ether oxygens (including phenoxy) is 1. The third-order valence-corrected chi connectivity index (χ3v) is 6.10. The summed E-state index contributed by atoms with van der Waals surface area (Å²) in [6.45, 7) is 6.76. The number of likely N-dealkylation sites (tertiary alicyclic amines) is 1. The quantitative estimate of drug-likeness (QED) is 0.628. The van der Waals surface area contributed by atoms with Crippen molar-refractivity contribution in [1.82, 2.24) is 15.1 Å². The molecule has 0 aromatic heterocycles. The molecule has 0 amide bonds. The summed E-state index contributed by atoms with van der Waals surface area (Å²) in [6.07, 6.45) is 1.20. The third-order valence-electron chi connectivity index (χ3n) is 6.10. The van der Waals surface area contributed by atoms with Gasteiger partial charge in [-0.05, 0) is 17.5 Å². The molecule has 5 nitrogen and oxygen atoms in total. The van der Waals surface area contributed by atoms with E-state index in [0.717, 1.165) is 51.9 Å². The first-order chi connectivity index (χ1) is 14.3. The molecule has 2 heterocycles. The van der Waals surface area contributed by atoms with E-state index in [1.54, 1.807) is 0 Å². The SMILES string of the molecule is CN=C(NCC(c1ccccc1)c1ccccc1)N1CCC(N2CCOCC2)C1. The van der Waals surface area contributed by atoms with Crippen LogP contribution >= 0.6 is 0 Å². The molecule has 2 aliphatic heterocycles. The summed E-state index contributed by atoms with van der Waals surface area (Å²) in [5.74, 6) is 1.31. The van der Waals surface area contributed by atoms with Gasteiger partial charge in [0.15, 0.2) is 5.96 Å². The molecule has 4 rings (SSSR count). The number of hydrogen-bond acceptors (Lipinski definition) is 3. The van der Waals surface area contributed by atoms with E-state index in [1.165, 1.54) is 17.5 Å². The molecule has 0 spiro atoms. The van der Waals surface area contributed by atoms with Crippen LogP contribution in [0.5, 0.6) is 0 Å². The van der Waals surface area contributed by atoms with E-state index in [9.17, 15) is 0 Å². The lowest BCUT2D eigenvalue weighted by Crippen LogP contribution is -2.47. The highest BCUT2D eigenvalue weighted by atomic mass is 16.5. The molecule has 2 aliphatic rings. The van der Waals surface area contributed by atoms with Crippen LogP contribution in [0, 0.1) is 0 Å². The molecule has 2 aromatic carbocycles. The van der Waals surface area contributed by atoms with Crippen LogP contribution in [0.1, 0.15) is 23.5 Å². The van der Waals surface area contributed by atoms with Gasteiger partial charge in [-0.3, -0.25) is 9.89 Å². The van der Waals surface area contributed by atoms with Gasteiger partial charge in [-0.25, -0.2) is 0 Å². The van der Waals surface area contributed by atoms with Crippen LogP contribution in [0.15, 0.2) is 65.7 Å². The number of benzene rings is 2. The van der Waals surface area contributed by atoms with E-state index in [4.69, 9.17) is 4.74 Å². The van der Waals surface area contributed by atoms with Gasteiger partial charge in [0.25, 0.3) is 0 Å². The van der Waals surface area contributed by atoms with Crippen molar-refractivity contribution in [3.05, 3.63) is 71.8 Å². The van der Waals surface area contributed by atoms with E-state index >= 15 is 0 Å². The average molecular weight is 393 g/mol. The Morgan fingerprint density at radius 3 is 2.21 bits per heavy atom. The van der Waals surface area contributed by atoms with Crippen LogP contribution < -0.4 is 5.32 Å². The first-order valence-electron chi connectivity index (χ1n) is 10.7. The summed E-state index contributed by atoms with van der Waals surface area (Å²) in [5, 5.41) is 3.66. The molecular weight excluding hydrogens is 360 g/mol. The molecular formula is C24H32N4O. The highest BCUT2D eigenvalue weighted by Gasteiger charge is 2.30. The van der Waals surface area contributed by atoms with E-state index in [2.05, 4.69) is 80.8 Å². The molecule has 0 bridgehead atoms. The Morgan fingerprint density at radius 1 is 1.00 bits per heavy atom. The van der Waals surface area contributed by atoms with E-state index < -0.39 is 0 Å². The van der Waals surface area contributed by atoms with Crippen LogP contribution in [0.2, 0.25) is 0 Å². The lowest BCUT2D eigenvalue weighted by atomic mass is 9.91. The lowest BCUT2D eigenvalue weighted by molar-refractivity contribution is 0.0195. The summed E-state index contributed by atoms with van der Waals surface area (Å²) >= 11 is 0. The molecule has 1 unspecified atom stereocenters. The van der Waals surface area contributed by atoms with Gasteiger partial charge < -0.3 is 15.0 Å². The van der Waals surface area contributed by atoms with Crippen molar-refractivity contribution in [3.8, 4) is 0 Å². The molecule has 1 atom stereocenters. The Kier molecular flexibility index (Phi) is 6.80. The molecule has 0 saturated carbocycles. The van der Waals surface area contributed by atoms with Crippen molar-refractivity contribution in [3.63, 3.8) is 0 Å². The zero-order chi connectivity index (χ0) is 19.9. The van der Waals surface area contributed by atoms with E-state index in [-0.39, 0.29) is 0 Å². The fourth-order valence-electron chi connectivity index (χ4n) is 4.50. The number of rotatable bonds is 5. The van der Waals surface area contributed by atoms with Gasteiger partial charge in [0.05, 0.1) is 13.2 Å². The summed E-state index contributed by atoms with van der Waals surface area (Å²) < 4.78 is 5.51. The van der Waals surface area contributed by atoms with Crippen molar-refractivity contribution in [1.29, 1.82) is 0 Å². The molecule has 2 saturated heterocycles. The topological polar surface area (TPSA) is 40.1 Å². The highest BCUT2D eigenvalue weighted by molar-refractivity contribution is 5.80. The Labute approximate surface area is 174 Å². The predicted octanol–water partition coefficient (Wildman–Crippen LogP) is 2.80. The van der Waals surface area contributed by atoms with Gasteiger partial charge in [-0.2, -0.15) is 0 Å². The minimum Gasteiger partial charge on any atom is -0.379 e. The van der Waals surface area contributed by atoms with Crippen LogP contribution in [0.25, 0.3) is 0 Å². The van der Waals surface area contributed by atoms with E-state index in [0.29, 0.717) is 12.0 Å². The van der Waals surface area contributed by atoms with Gasteiger partial charge >= 0.3 is 0 Å². The molecule has 5 heteroatoms. The summed E-state index contributed by atoms with van der Waals surface area (Å²) in [4.78, 5) is 9.58. The number of nitrogens with one attached hydrogen (secondary N) is 1. The number of morpholine rings is 1. The molecule has 154 valence electrons. The Morgan fingerprint density at radius 2 is 1.62 bits per heavy atom. The number of guanidine groups is 1. The Hall–Kier alpha value is -2.37. The van der Waals surface area contributed by atoms with Crippen molar-refractivity contribution >= 4 is 5.96 Å².